The van der Waals surface area contributed by atoms with E-state index in [2.05, 4.69) is 10.7 Å². The second-order valence-electron chi connectivity index (χ2n) is 4.60. The molecule has 0 aromatic heterocycles. The van der Waals surface area contributed by atoms with Gasteiger partial charge in [0.15, 0.2) is 0 Å². The lowest BCUT2D eigenvalue weighted by Gasteiger charge is -2.27. The van der Waals surface area contributed by atoms with Crippen molar-refractivity contribution >= 4 is 11.6 Å². The first-order valence-corrected chi connectivity index (χ1v) is 6.18. The highest BCUT2D eigenvalue weighted by Crippen LogP contribution is 2.14. The minimum absolute atomic E-state index is 0.0438. The largest absolute Gasteiger partial charge is 0.378 e. The normalized spacial score (nSPS) is 23.4. The van der Waals surface area contributed by atoms with Crippen LogP contribution >= 0.6 is 0 Å². The fourth-order valence-electron chi connectivity index (χ4n) is 2.12. The van der Waals surface area contributed by atoms with Crippen LogP contribution in [0.5, 0.6) is 0 Å². The molecule has 5 nitrogen and oxygen atoms in total. The van der Waals surface area contributed by atoms with Gasteiger partial charge in [-0.1, -0.05) is 0 Å². The van der Waals surface area contributed by atoms with Crippen LogP contribution in [0.3, 0.4) is 0 Å². The molecule has 1 aliphatic heterocycles. The Hall–Kier alpha value is -1.59. The number of carbonyl (C=O) groups excluding carboxylic acids is 1. The zero-order valence-corrected chi connectivity index (χ0v) is 10.5. The van der Waals surface area contributed by atoms with E-state index in [0.29, 0.717) is 12.2 Å². The summed E-state index contributed by atoms with van der Waals surface area (Å²) in [6.07, 6.45) is 1.96. The highest BCUT2D eigenvalue weighted by molar-refractivity contribution is 5.94. The summed E-state index contributed by atoms with van der Waals surface area (Å²) >= 11 is 0. The average Bonchev–Trinajstić information content (AvgIpc) is 2.39. The van der Waals surface area contributed by atoms with Crippen molar-refractivity contribution in [3.63, 3.8) is 0 Å². The maximum atomic E-state index is 12.0. The molecule has 0 radical (unpaired) electrons. The summed E-state index contributed by atoms with van der Waals surface area (Å²) in [6, 6.07) is 7.28. The third-order valence-electron chi connectivity index (χ3n) is 3.13. The lowest BCUT2D eigenvalue weighted by molar-refractivity contribution is 0.0136. The molecule has 2 unspecified atom stereocenters. The number of nitrogens with one attached hydrogen (secondary N) is 2. The van der Waals surface area contributed by atoms with Gasteiger partial charge in [-0.05, 0) is 44.0 Å². The summed E-state index contributed by atoms with van der Waals surface area (Å²) in [5.41, 5.74) is 3.96. The Morgan fingerprint density at radius 1 is 1.39 bits per heavy atom. The molecule has 0 aliphatic carbocycles. The van der Waals surface area contributed by atoms with Crippen molar-refractivity contribution in [3.05, 3.63) is 29.8 Å². The van der Waals surface area contributed by atoms with Crippen molar-refractivity contribution in [3.8, 4) is 0 Å². The van der Waals surface area contributed by atoms with Crippen LogP contribution in [0.4, 0.5) is 5.69 Å². The molecule has 0 saturated carbocycles. The molecule has 1 aromatic carbocycles. The molecule has 2 atom stereocenters. The number of rotatable bonds is 3. The van der Waals surface area contributed by atoms with Gasteiger partial charge in [-0.25, -0.2) is 0 Å². The second kappa shape index (κ2) is 5.84. The van der Waals surface area contributed by atoms with E-state index in [1.165, 1.54) is 0 Å². The van der Waals surface area contributed by atoms with E-state index in [1.807, 2.05) is 6.92 Å². The summed E-state index contributed by atoms with van der Waals surface area (Å²) in [7, 11) is 0. The second-order valence-corrected chi connectivity index (χ2v) is 4.60. The van der Waals surface area contributed by atoms with E-state index in [1.54, 1.807) is 24.3 Å². The van der Waals surface area contributed by atoms with E-state index in [0.717, 1.165) is 18.5 Å². The van der Waals surface area contributed by atoms with Crippen molar-refractivity contribution in [1.82, 2.24) is 5.32 Å². The number of hydrogen-bond donors (Lipinski definition) is 3. The first-order chi connectivity index (χ1) is 8.69. The maximum Gasteiger partial charge on any atom is 0.251 e. The number of benzene rings is 1. The van der Waals surface area contributed by atoms with E-state index < -0.39 is 0 Å². The van der Waals surface area contributed by atoms with Gasteiger partial charge in [0, 0.05) is 23.9 Å². The molecule has 5 heteroatoms. The topological polar surface area (TPSA) is 76.4 Å². The predicted octanol–water partition coefficient (Wildman–Crippen LogP) is 1.27. The van der Waals surface area contributed by atoms with Crippen molar-refractivity contribution in [1.29, 1.82) is 0 Å². The van der Waals surface area contributed by atoms with Gasteiger partial charge in [-0.15, -0.1) is 0 Å². The number of anilines is 1. The Kier molecular flexibility index (Phi) is 4.17. The van der Waals surface area contributed by atoms with Gasteiger partial charge in [0.05, 0.1) is 6.10 Å². The van der Waals surface area contributed by atoms with Crippen LogP contribution in [0, 0.1) is 0 Å². The highest BCUT2D eigenvalue weighted by Gasteiger charge is 2.21. The predicted molar refractivity (Wildman–Crippen MR) is 70.2 cm³/mol. The molecule has 4 N–H and O–H groups in total. The van der Waals surface area contributed by atoms with Gasteiger partial charge in [0.1, 0.15) is 0 Å². The molecule has 1 aromatic rings. The molecular weight excluding hydrogens is 230 g/mol. The Morgan fingerprint density at radius 2 is 2.11 bits per heavy atom. The number of nitrogens with two attached hydrogens (primary N) is 1. The summed E-state index contributed by atoms with van der Waals surface area (Å²) in [5.74, 6) is 5.23. The van der Waals surface area contributed by atoms with Gasteiger partial charge >= 0.3 is 0 Å². The van der Waals surface area contributed by atoms with Crippen molar-refractivity contribution in [2.75, 3.05) is 12.0 Å². The summed E-state index contributed by atoms with van der Waals surface area (Å²) in [4.78, 5) is 12.0. The van der Waals surface area contributed by atoms with Crippen LogP contribution in [-0.4, -0.2) is 24.7 Å². The van der Waals surface area contributed by atoms with Crippen molar-refractivity contribution < 1.29 is 9.53 Å². The van der Waals surface area contributed by atoms with Gasteiger partial charge in [0.25, 0.3) is 5.91 Å². The van der Waals surface area contributed by atoms with Crippen molar-refractivity contribution in [2.45, 2.75) is 31.9 Å². The highest BCUT2D eigenvalue weighted by atomic mass is 16.5. The number of carbonyl (C=O) groups is 1. The maximum absolute atomic E-state index is 12.0. The number of nitrogen functional groups attached to an aromatic ring is 1. The fraction of sp³-hybridized carbons (Fsp3) is 0.462. The molecule has 98 valence electrons. The van der Waals surface area contributed by atoms with E-state index in [9.17, 15) is 4.79 Å². The van der Waals surface area contributed by atoms with Crippen LogP contribution in [-0.2, 0) is 4.74 Å². The Labute approximate surface area is 107 Å². The summed E-state index contributed by atoms with van der Waals surface area (Å²) in [5, 5.41) is 3.03. The summed E-state index contributed by atoms with van der Waals surface area (Å²) < 4.78 is 5.45. The quantitative estimate of drug-likeness (QED) is 0.557. The van der Waals surface area contributed by atoms with E-state index in [-0.39, 0.29) is 18.1 Å². The van der Waals surface area contributed by atoms with E-state index >= 15 is 0 Å². The molecule has 0 bridgehead atoms. The molecule has 18 heavy (non-hydrogen) atoms. The fourth-order valence-corrected chi connectivity index (χ4v) is 2.12. The molecule has 1 heterocycles. The van der Waals surface area contributed by atoms with Crippen LogP contribution < -0.4 is 16.6 Å². The Bertz CT molecular complexity index is 405. The minimum Gasteiger partial charge on any atom is -0.378 e. The molecule has 1 amide bonds. The minimum atomic E-state index is -0.0438. The first-order valence-electron chi connectivity index (χ1n) is 6.18. The number of hydrogen-bond acceptors (Lipinski definition) is 4. The molecule has 2 rings (SSSR count). The number of ether oxygens (including phenoxy) is 1. The third kappa shape index (κ3) is 3.21. The van der Waals surface area contributed by atoms with Gasteiger partial charge in [0.2, 0.25) is 0 Å². The first kappa shape index (κ1) is 12.9. The van der Waals surface area contributed by atoms with Gasteiger partial charge in [-0.2, -0.15) is 0 Å². The number of amides is 1. The number of hydrazine groups is 1. The Morgan fingerprint density at radius 3 is 2.72 bits per heavy atom. The smallest absolute Gasteiger partial charge is 0.251 e. The Balaban J connectivity index is 1.94. The van der Waals surface area contributed by atoms with Crippen LogP contribution in [0.2, 0.25) is 0 Å². The SMILES string of the molecule is CC1CC(NC(=O)c2ccc(NN)cc2)CCO1. The molecule has 1 aliphatic rings. The van der Waals surface area contributed by atoms with E-state index in [4.69, 9.17) is 10.6 Å². The monoisotopic (exact) mass is 249 g/mol. The summed E-state index contributed by atoms with van der Waals surface area (Å²) in [6.45, 7) is 2.74. The van der Waals surface area contributed by atoms with Crippen LogP contribution in [0.15, 0.2) is 24.3 Å². The standard InChI is InChI=1S/C13H19N3O2/c1-9-8-12(6-7-18-9)15-13(17)10-2-4-11(16-14)5-3-10/h2-5,9,12,16H,6-8,14H2,1H3,(H,15,17). The average molecular weight is 249 g/mol. The van der Waals surface area contributed by atoms with Gasteiger partial charge < -0.3 is 15.5 Å². The van der Waals surface area contributed by atoms with Crippen LogP contribution in [0.1, 0.15) is 30.1 Å². The lowest BCUT2D eigenvalue weighted by Crippen LogP contribution is -2.41. The van der Waals surface area contributed by atoms with Crippen molar-refractivity contribution in [2.24, 2.45) is 5.84 Å². The lowest BCUT2D eigenvalue weighted by atomic mass is 10.0. The molecular formula is C13H19N3O2. The van der Waals surface area contributed by atoms with Crippen LogP contribution in [0.25, 0.3) is 0 Å². The zero-order valence-electron chi connectivity index (χ0n) is 10.5. The van der Waals surface area contributed by atoms with Gasteiger partial charge in [-0.3, -0.25) is 10.6 Å². The molecule has 1 fully saturated rings. The molecule has 1 saturated heterocycles. The third-order valence-corrected chi connectivity index (χ3v) is 3.13. The molecule has 0 spiro atoms. The zero-order chi connectivity index (χ0) is 13.0.